The van der Waals surface area contributed by atoms with Gasteiger partial charge in [0.1, 0.15) is 5.75 Å². The van der Waals surface area contributed by atoms with Gasteiger partial charge in [-0.05, 0) is 44.2 Å². The molecule has 2 aromatic rings. The number of nitrogens with one attached hydrogen (secondary N) is 1. The zero-order valence-corrected chi connectivity index (χ0v) is 13.5. The molecule has 1 heterocycles. The molecule has 3 rings (SSSR count). The summed E-state index contributed by atoms with van der Waals surface area (Å²) >= 11 is 5.94. The average Bonchev–Trinajstić information content (AvgIpc) is 2.55. The normalized spacial score (nSPS) is 15.7. The predicted octanol–water partition coefficient (Wildman–Crippen LogP) is 4.37. The van der Waals surface area contributed by atoms with Crippen molar-refractivity contribution in [2.75, 3.05) is 0 Å². The third-order valence-electron chi connectivity index (χ3n) is 3.99. The number of hydrogen-bond acceptors (Lipinski definition) is 3. The highest BCUT2D eigenvalue weighted by molar-refractivity contribution is 6.32. The molecular formula is C17H16ClF2N2O2. The predicted molar refractivity (Wildman–Crippen MR) is 87.4 cm³/mol. The van der Waals surface area contributed by atoms with E-state index in [0.29, 0.717) is 16.5 Å². The topological polar surface area (TPSA) is 51.2 Å². The van der Waals surface area contributed by atoms with E-state index in [1.165, 1.54) is 18.3 Å². The summed E-state index contributed by atoms with van der Waals surface area (Å²) in [5, 5.41) is 3.63. The van der Waals surface area contributed by atoms with E-state index in [1.807, 2.05) is 0 Å². The van der Waals surface area contributed by atoms with Gasteiger partial charge in [-0.15, -0.1) is 0 Å². The van der Waals surface area contributed by atoms with E-state index in [-0.39, 0.29) is 22.7 Å². The molecular weight excluding hydrogens is 338 g/mol. The first-order valence-electron chi connectivity index (χ1n) is 7.69. The number of alkyl halides is 2. The van der Waals surface area contributed by atoms with Gasteiger partial charge in [0, 0.05) is 23.7 Å². The number of aromatic nitrogens is 1. The van der Waals surface area contributed by atoms with Crippen molar-refractivity contribution in [3.63, 3.8) is 0 Å². The van der Waals surface area contributed by atoms with Crippen LogP contribution in [0.3, 0.4) is 0 Å². The van der Waals surface area contributed by atoms with Crippen LogP contribution in [0.15, 0.2) is 24.4 Å². The van der Waals surface area contributed by atoms with Crippen LogP contribution in [0.2, 0.25) is 5.02 Å². The monoisotopic (exact) mass is 353 g/mol. The van der Waals surface area contributed by atoms with E-state index < -0.39 is 6.61 Å². The lowest BCUT2D eigenvalue weighted by molar-refractivity contribution is -0.0497. The number of carbonyl (C=O) groups excluding carboxylic acids is 1. The molecule has 0 atom stereocenters. The van der Waals surface area contributed by atoms with Crippen molar-refractivity contribution >= 4 is 28.4 Å². The first-order valence-corrected chi connectivity index (χ1v) is 8.07. The minimum absolute atomic E-state index is 0.0463. The minimum atomic E-state index is -2.96. The standard InChI is InChI=1S/C17H16ClF2N2O2/c18-13-7-10-6-11(16(23)22-12-4-2-1-3-5-12)9-21-14(10)8-15(13)24-17(19)20/h1,6-9,12,17H,2-5H2,(H,22,23). The maximum Gasteiger partial charge on any atom is 0.387 e. The van der Waals surface area contributed by atoms with Crippen molar-refractivity contribution in [1.82, 2.24) is 10.3 Å². The molecule has 1 N–H and O–H groups in total. The molecule has 1 amide bonds. The van der Waals surface area contributed by atoms with Gasteiger partial charge in [0.2, 0.25) is 0 Å². The Hall–Kier alpha value is -1.95. The van der Waals surface area contributed by atoms with Gasteiger partial charge in [-0.3, -0.25) is 9.78 Å². The number of amides is 1. The summed E-state index contributed by atoms with van der Waals surface area (Å²) in [7, 11) is 0. The molecule has 1 aromatic heterocycles. The van der Waals surface area contributed by atoms with Crippen LogP contribution < -0.4 is 10.1 Å². The van der Waals surface area contributed by atoms with Gasteiger partial charge in [0.15, 0.2) is 0 Å². The molecule has 1 fully saturated rings. The maximum absolute atomic E-state index is 12.3. The molecule has 0 bridgehead atoms. The molecule has 0 aliphatic heterocycles. The van der Waals surface area contributed by atoms with Crippen LogP contribution in [0.25, 0.3) is 10.9 Å². The Labute approximate surface area is 143 Å². The van der Waals surface area contributed by atoms with Crippen molar-refractivity contribution in [1.29, 1.82) is 0 Å². The van der Waals surface area contributed by atoms with Crippen molar-refractivity contribution in [3.8, 4) is 5.75 Å². The van der Waals surface area contributed by atoms with Gasteiger partial charge < -0.3 is 10.1 Å². The minimum Gasteiger partial charge on any atom is -0.433 e. The van der Waals surface area contributed by atoms with Crippen molar-refractivity contribution in [2.24, 2.45) is 0 Å². The molecule has 1 aliphatic rings. The van der Waals surface area contributed by atoms with Gasteiger partial charge in [-0.2, -0.15) is 8.78 Å². The molecule has 4 nitrogen and oxygen atoms in total. The summed E-state index contributed by atoms with van der Waals surface area (Å²) in [6, 6.07) is 4.62. The number of benzene rings is 1. The van der Waals surface area contributed by atoms with Crippen LogP contribution in [0.4, 0.5) is 8.78 Å². The van der Waals surface area contributed by atoms with Crippen LogP contribution in [0.1, 0.15) is 36.0 Å². The van der Waals surface area contributed by atoms with Crippen LogP contribution >= 0.6 is 11.6 Å². The molecule has 1 saturated carbocycles. The Bertz CT molecular complexity index is 749. The van der Waals surface area contributed by atoms with E-state index in [0.717, 1.165) is 25.7 Å². The molecule has 0 saturated heterocycles. The number of hydrogen-bond donors (Lipinski definition) is 1. The second kappa shape index (κ2) is 7.30. The first kappa shape index (κ1) is 16.9. The lowest BCUT2D eigenvalue weighted by Crippen LogP contribution is -2.36. The fraction of sp³-hybridized carbons (Fsp3) is 0.353. The molecule has 0 unspecified atom stereocenters. The van der Waals surface area contributed by atoms with Crippen LogP contribution in [-0.2, 0) is 0 Å². The Balaban J connectivity index is 1.81. The lowest BCUT2D eigenvalue weighted by Gasteiger charge is -2.22. The fourth-order valence-corrected chi connectivity index (χ4v) is 3.00. The Morgan fingerprint density at radius 3 is 2.75 bits per heavy atom. The van der Waals surface area contributed by atoms with E-state index in [9.17, 15) is 13.6 Å². The van der Waals surface area contributed by atoms with Crippen molar-refractivity contribution < 1.29 is 18.3 Å². The Morgan fingerprint density at radius 2 is 2.04 bits per heavy atom. The largest absolute Gasteiger partial charge is 0.433 e. The maximum atomic E-state index is 12.3. The SMILES string of the molecule is O=C(NC1CC[CH]CC1)c1cnc2cc(OC(F)F)c(Cl)cc2c1. The lowest BCUT2D eigenvalue weighted by atomic mass is 9.95. The summed E-state index contributed by atoms with van der Waals surface area (Å²) < 4.78 is 29.0. The third-order valence-corrected chi connectivity index (χ3v) is 4.28. The van der Waals surface area contributed by atoms with E-state index in [4.69, 9.17) is 11.6 Å². The summed E-state index contributed by atoms with van der Waals surface area (Å²) in [5.41, 5.74) is 0.842. The fourth-order valence-electron chi connectivity index (χ4n) is 2.78. The summed E-state index contributed by atoms with van der Waals surface area (Å²) in [4.78, 5) is 16.5. The summed E-state index contributed by atoms with van der Waals surface area (Å²) in [6.45, 7) is -2.96. The number of rotatable bonds is 4. The van der Waals surface area contributed by atoms with Gasteiger partial charge in [0.25, 0.3) is 5.91 Å². The Kier molecular flexibility index (Phi) is 5.14. The molecule has 1 aromatic carbocycles. The highest BCUT2D eigenvalue weighted by atomic mass is 35.5. The summed E-state index contributed by atoms with van der Waals surface area (Å²) in [6.07, 6.45) is 7.53. The van der Waals surface area contributed by atoms with E-state index >= 15 is 0 Å². The van der Waals surface area contributed by atoms with Crippen LogP contribution in [-0.4, -0.2) is 23.5 Å². The van der Waals surface area contributed by atoms with Crippen LogP contribution in [0, 0.1) is 6.42 Å². The number of fused-ring (bicyclic) bond motifs is 1. The van der Waals surface area contributed by atoms with Gasteiger partial charge in [-0.1, -0.05) is 11.6 Å². The molecule has 1 aliphatic carbocycles. The van der Waals surface area contributed by atoms with Crippen molar-refractivity contribution in [3.05, 3.63) is 41.4 Å². The number of halogens is 3. The Morgan fingerprint density at radius 1 is 1.29 bits per heavy atom. The van der Waals surface area contributed by atoms with E-state index in [2.05, 4.69) is 21.5 Å². The average molecular weight is 354 g/mol. The zero-order chi connectivity index (χ0) is 17.1. The summed E-state index contributed by atoms with van der Waals surface area (Å²) in [5.74, 6) is -0.331. The zero-order valence-electron chi connectivity index (χ0n) is 12.8. The number of nitrogens with zero attached hydrogens (tertiary/aromatic N) is 1. The smallest absolute Gasteiger partial charge is 0.387 e. The van der Waals surface area contributed by atoms with Gasteiger partial charge in [-0.25, -0.2) is 0 Å². The molecule has 24 heavy (non-hydrogen) atoms. The number of carbonyl (C=O) groups is 1. The third kappa shape index (κ3) is 3.93. The number of pyridine rings is 1. The molecule has 127 valence electrons. The second-order valence-electron chi connectivity index (χ2n) is 5.69. The molecule has 1 radical (unpaired) electrons. The van der Waals surface area contributed by atoms with Gasteiger partial charge in [0.05, 0.1) is 16.1 Å². The van der Waals surface area contributed by atoms with Crippen molar-refractivity contribution in [2.45, 2.75) is 38.3 Å². The van der Waals surface area contributed by atoms with Crippen LogP contribution in [0.5, 0.6) is 5.75 Å². The first-order chi connectivity index (χ1) is 11.5. The quantitative estimate of drug-likeness (QED) is 0.888. The molecule has 7 heteroatoms. The number of ether oxygens (including phenoxy) is 1. The molecule has 0 spiro atoms. The van der Waals surface area contributed by atoms with E-state index in [1.54, 1.807) is 6.07 Å². The van der Waals surface area contributed by atoms with Gasteiger partial charge >= 0.3 is 6.61 Å². The second-order valence-corrected chi connectivity index (χ2v) is 6.10. The highest BCUT2D eigenvalue weighted by Crippen LogP contribution is 2.30. The highest BCUT2D eigenvalue weighted by Gasteiger charge is 2.18.